The summed E-state index contributed by atoms with van der Waals surface area (Å²) >= 11 is 0. The van der Waals surface area contributed by atoms with Crippen molar-refractivity contribution in [2.24, 2.45) is 0 Å². The Bertz CT molecular complexity index is 1240. The summed E-state index contributed by atoms with van der Waals surface area (Å²) in [6, 6.07) is 25.7. The molecule has 4 aromatic rings. The molecule has 0 unspecified atom stereocenters. The number of nitrogens with zero attached hydrogens (tertiary/aromatic N) is 1. The molecular weight excluding hydrogens is 400 g/mol. The SMILES string of the molecule is CS(=O)(=O)Cc1c(C(=O)NN(c2ccccc2)c2ccccc2)oc2ccccc12. The Morgan fingerprint density at radius 2 is 1.40 bits per heavy atom. The number of rotatable bonds is 6. The van der Waals surface area contributed by atoms with E-state index < -0.39 is 15.7 Å². The molecule has 1 amide bonds. The van der Waals surface area contributed by atoms with Gasteiger partial charge in [-0.2, -0.15) is 0 Å². The average molecular weight is 420 g/mol. The predicted octanol–water partition coefficient (Wildman–Crippen LogP) is 4.46. The Hall–Kier alpha value is -3.58. The number of para-hydroxylation sites is 3. The molecule has 0 bridgehead atoms. The molecule has 0 saturated carbocycles. The zero-order chi connectivity index (χ0) is 21.1. The van der Waals surface area contributed by atoms with Gasteiger partial charge in [0.05, 0.1) is 17.1 Å². The van der Waals surface area contributed by atoms with Gasteiger partial charge in [0, 0.05) is 17.2 Å². The van der Waals surface area contributed by atoms with Crippen LogP contribution in [-0.2, 0) is 15.6 Å². The van der Waals surface area contributed by atoms with Crippen molar-refractivity contribution in [2.45, 2.75) is 5.75 Å². The van der Waals surface area contributed by atoms with Crippen molar-refractivity contribution in [3.8, 4) is 0 Å². The van der Waals surface area contributed by atoms with E-state index in [1.165, 1.54) is 0 Å². The number of hydrazine groups is 1. The number of hydrogen-bond donors (Lipinski definition) is 1. The third-order valence-electron chi connectivity index (χ3n) is 4.55. The number of carbonyl (C=O) groups is 1. The van der Waals surface area contributed by atoms with Crippen LogP contribution in [0.2, 0.25) is 0 Å². The Morgan fingerprint density at radius 3 is 1.97 bits per heavy atom. The van der Waals surface area contributed by atoms with E-state index in [1.54, 1.807) is 29.3 Å². The molecule has 0 aliphatic carbocycles. The van der Waals surface area contributed by atoms with Crippen LogP contribution in [0.3, 0.4) is 0 Å². The van der Waals surface area contributed by atoms with Crippen LogP contribution in [0, 0.1) is 0 Å². The lowest BCUT2D eigenvalue weighted by atomic mass is 10.1. The lowest BCUT2D eigenvalue weighted by molar-refractivity contribution is 0.0927. The van der Waals surface area contributed by atoms with Crippen LogP contribution in [0.15, 0.2) is 89.3 Å². The second-order valence-electron chi connectivity index (χ2n) is 6.92. The van der Waals surface area contributed by atoms with Gasteiger partial charge in [0.2, 0.25) is 0 Å². The quantitative estimate of drug-likeness (QED) is 0.466. The molecule has 152 valence electrons. The number of fused-ring (bicyclic) bond motifs is 1. The fraction of sp³-hybridized carbons (Fsp3) is 0.0870. The number of amides is 1. The van der Waals surface area contributed by atoms with Gasteiger partial charge in [0.25, 0.3) is 0 Å². The lowest BCUT2D eigenvalue weighted by Crippen LogP contribution is -2.39. The van der Waals surface area contributed by atoms with Gasteiger partial charge in [-0.1, -0.05) is 54.6 Å². The van der Waals surface area contributed by atoms with E-state index in [0.717, 1.165) is 17.6 Å². The molecule has 0 aliphatic heterocycles. The molecule has 3 aromatic carbocycles. The van der Waals surface area contributed by atoms with Crippen molar-refractivity contribution in [3.05, 3.63) is 96.3 Å². The van der Waals surface area contributed by atoms with Crippen molar-refractivity contribution in [1.29, 1.82) is 0 Å². The number of nitrogens with one attached hydrogen (secondary N) is 1. The molecule has 0 aliphatic rings. The largest absolute Gasteiger partial charge is 0.451 e. The molecule has 0 atom stereocenters. The van der Waals surface area contributed by atoms with Crippen LogP contribution in [0.5, 0.6) is 0 Å². The monoisotopic (exact) mass is 420 g/mol. The number of benzene rings is 3. The fourth-order valence-electron chi connectivity index (χ4n) is 3.27. The second kappa shape index (κ2) is 8.04. The third-order valence-corrected chi connectivity index (χ3v) is 5.37. The maximum Gasteiger partial charge on any atom is 0.306 e. The van der Waals surface area contributed by atoms with Gasteiger partial charge in [-0.25, -0.2) is 8.42 Å². The van der Waals surface area contributed by atoms with E-state index in [4.69, 9.17) is 4.42 Å². The van der Waals surface area contributed by atoms with E-state index in [0.29, 0.717) is 16.5 Å². The molecule has 1 aromatic heterocycles. The topological polar surface area (TPSA) is 79.6 Å². The minimum atomic E-state index is -3.38. The Balaban J connectivity index is 1.76. The first-order valence-corrected chi connectivity index (χ1v) is 11.4. The summed E-state index contributed by atoms with van der Waals surface area (Å²) in [4.78, 5) is 13.2. The van der Waals surface area contributed by atoms with Crippen molar-refractivity contribution >= 4 is 38.1 Å². The summed E-state index contributed by atoms with van der Waals surface area (Å²) < 4.78 is 29.8. The zero-order valence-electron chi connectivity index (χ0n) is 16.3. The molecular formula is C23H20N2O4S. The van der Waals surface area contributed by atoms with Gasteiger partial charge in [-0.3, -0.25) is 15.2 Å². The van der Waals surface area contributed by atoms with Gasteiger partial charge >= 0.3 is 5.91 Å². The third kappa shape index (κ3) is 4.21. The van der Waals surface area contributed by atoms with Gasteiger partial charge in [0.15, 0.2) is 15.6 Å². The predicted molar refractivity (Wildman–Crippen MR) is 117 cm³/mol. The maximum absolute atomic E-state index is 13.2. The van der Waals surface area contributed by atoms with Gasteiger partial charge in [0.1, 0.15) is 5.58 Å². The molecule has 0 spiro atoms. The first kappa shape index (κ1) is 19.7. The van der Waals surface area contributed by atoms with Crippen LogP contribution in [-0.4, -0.2) is 20.6 Å². The van der Waals surface area contributed by atoms with Crippen LogP contribution in [0.1, 0.15) is 16.1 Å². The summed E-state index contributed by atoms with van der Waals surface area (Å²) in [6.45, 7) is 0. The summed E-state index contributed by atoms with van der Waals surface area (Å²) in [7, 11) is -3.38. The Morgan fingerprint density at radius 1 is 0.867 bits per heavy atom. The van der Waals surface area contributed by atoms with Gasteiger partial charge in [-0.05, 0) is 30.3 Å². The minimum Gasteiger partial charge on any atom is -0.451 e. The number of furan rings is 1. The summed E-state index contributed by atoms with van der Waals surface area (Å²) in [5.74, 6) is -0.834. The number of sulfone groups is 1. The van der Waals surface area contributed by atoms with Crippen LogP contribution in [0.25, 0.3) is 11.0 Å². The van der Waals surface area contributed by atoms with Crippen LogP contribution >= 0.6 is 0 Å². The first-order chi connectivity index (χ1) is 14.4. The van der Waals surface area contributed by atoms with Crippen LogP contribution in [0.4, 0.5) is 11.4 Å². The lowest BCUT2D eigenvalue weighted by Gasteiger charge is -2.25. The first-order valence-electron chi connectivity index (χ1n) is 9.32. The molecule has 7 heteroatoms. The summed E-state index contributed by atoms with van der Waals surface area (Å²) in [6.07, 6.45) is 1.14. The smallest absolute Gasteiger partial charge is 0.306 e. The molecule has 1 N–H and O–H groups in total. The molecule has 6 nitrogen and oxygen atoms in total. The normalized spacial score (nSPS) is 11.4. The number of carbonyl (C=O) groups excluding carboxylic acids is 1. The number of hydrogen-bond acceptors (Lipinski definition) is 5. The van der Waals surface area contributed by atoms with E-state index in [9.17, 15) is 13.2 Å². The highest BCUT2D eigenvalue weighted by atomic mass is 32.2. The Labute approximate surface area is 174 Å². The van der Waals surface area contributed by atoms with E-state index in [2.05, 4.69) is 5.43 Å². The molecule has 1 heterocycles. The van der Waals surface area contributed by atoms with Gasteiger partial charge in [-0.15, -0.1) is 0 Å². The van der Waals surface area contributed by atoms with Crippen LogP contribution < -0.4 is 10.4 Å². The Kier molecular flexibility index (Phi) is 5.29. The maximum atomic E-state index is 13.2. The van der Waals surface area contributed by atoms with E-state index in [-0.39, 0.29) is 11.5 Å². The van der Waals surface area contributed by atoms with Crippen molar-refractivity contribution in [3.63, 3.8) is 0 Å². The standard InChI is InChI=1S/C23H20N2O4S/c1-30(27,28)16-20-19-14-8-9-15-21(19)29-22(20)23(26)24-25(17-10-4-2-5-11-17)18-12-6-3-7-13-18/h2-15H,16H2,1H3,(H,24,26). The second-order valence-corrected chi connectivity index (χ2v) is 9.06. The van der Waals surface area contributed by atoms with E-state index in [1.807, 2.05) is 60.7 Å². The fourth-order valence-corrected chi connectivity index (χ4v) is 4.08. The minimum absolute atomic E-state index is 0.0153. The molecule has 0 saturated heterocycles. The molecule has 0 radical (unpaired) electrons. The highest BCUT2D eigenvalue weighted by Crippen LogP contribution is 2.29. The summed E-state index contributed by atoms with van der Waals surface area (Å²) in [5.41, 5.74) is 5.17. The molecule has 0 fully saturated rings. The summed E-state index contributed by atoms with van der Waals surface area (Å²) in [5, 5.41) is 2.25. The molecule has 30 heavy (non-hydrogen) atoms. The van der Waals surface area contributed by atoms with Crippen molar-refractivity contribution in [2.75, 3.05) is 11.3 Å². The molecule has 4 rings (SSSR count). The average Bonchev–Trinajstić information content (AvgIpc) is 3.10. The zero-order valence-corrected chi connectivity index (χ0v) is 17.1. The number of anilines is 2. The highest BCUT2D eigenvalue weighted by molar-refractivity contribution is 7.89. The van der Waals surface area contributed by atoms with E-state index >= 15 is 0 Å². The van der Waals surface area contributed by atoms with Gasteiger partial charge < -0.3 is 4.42 Å². The van der Waals surface area contributed by atoms with Crippen molar-refractivity contribution < 1.29 is 17.6 Å². The highest BCUT2D eigenvalue weighted by Gasteiger charge is 2.25. The van der Waals surface area contributed by atoms with Crippen molar-refractivity contribution in [1.82, 2.24) is 5.43 Å².